The van der Waals surface area contributed by atoms with Crippen LogP contribution in [0.1, 0.15) is 38.7 Å². The van der Waals surface area contributed by atoms with E-state index in [-0.39, 0.29) is 0 Å². The largest absolute Gasteiger partial charge is 0.311 e. The SMILES string of the molecule is CC(C)C1(Cc2cccnc2)CCCCN1. The highest BCUT2D eigenvalue weighted by molar-refractivity contribution is 5.14. The highest BCUT2D eigenvalue weighted by Crippen LogP contribution is 2.30. The molecule has 1 atom stereocenters. The van der Waals surface area contributed by atoms with Crippen LogP contribution >= 0.6 is 0 Å². The van der Waals surface area contributed by atoms with Gasteiger partial charge in [0.25, 0.3) is 0 Å². The van der Waals surface area contributed by atoms with Gasteiger partial charge in [-0.05, 0) is 43.4 Å². The van der Waals surface area contributed by atoms with Crippen molar-refractivity contribution in [1.82, 2.24) is 10.3 Å². The van der Waals surface area contributed by atoms with Crippen LogP contribution in [0.4, 0.5) is 0 Å². The van der Waals surface area contributed by atoms with E-state index < -0.39 is 0 Å². The van der Waals surface area contributed by atoms with E-state index in [1.165, 1.54) is 31.4 Å². The van der Waals surface area contributed by atoms with E-state index in [0.29, 0.717) is 11.5 Å². The highest BCUT2D eigenvalue weighted by Gasteiger charge is 2.34. The lowest BCUT2D eigenvalue weighted by molar-refractivity contribution is 0.182. The van der Waals surface area contributed by atoms with Gasteiger partial charge in [0.1, 0.15) is 0 Å². The molecule has 0 bridgehead atoms. The van der Waals surface area contributed by atoms with Crippen molar-refractivity contribution in [2.75, 3.05) is 6.54 Å². The summed E-state index contributed by atoms with van der Waals surface area (Å²) in [6.45, 7) is 5.82. The first kappa shape index (κ1) is 11.6. The Morgan fingerprint density at radius 3 is 2.88 bits per heavy atom. The van der Waals surface area contributed by atoms with E-state index in [0.717, 1.165) is 6.42 Å². The first-order chi connectivity index (χ1) is 7.73. The number of hydrogen-bond donors (Lipinski definition) is 1. The number of aromatic nitrogens is 1. The summed E-state index contributed by atoms with van der Waals surface area (Å²) in [7, 11) is 0. The molecule has 2 rings (SSSR count). The summed E-state index contributed by atoms with van der Waals surface area (Å²) >= 11 is 0. The Morgan fingerprint density at radius 1 is 1.44 bits per heavy atom. The van der Waals surface area contributed by atoms with E-state index in [1.54, 1.807) is 0 Å². The maximum Gasteiger partial charge on any atom is 0.0300 e. The Bertz CT molecular complexity index is 313. The Labute approximate surface area is 98.5 Å². The zero-order valence-electron chi connectivity index (χ0n) is 10.4. The third-order valence-corrected chi connectivity index (χ3v) is 3.87. The molecule has 2 heterocycles. The molecule has 0 aliphatic carbocycles. The summed E-state index contributed by atoms with van der Waals surface area (Å²) in [4.78, 5) is 4.21. The molecule has 2 nitrogen and oxygen atoms in total. The van der Waals surface area contributed by atoms with Crippen molar-refractivity contribution in [3.63, 3.8) is 0 Å². The first-order valence-electron chi connectivity index (χ1n) is 6.37. The first-order valence-corrected chi connectivity index (χ1v) is 6.37. The quantitative estimate of drug-likeness (QED) is 0.844. The number of pyridine rings is 1. The lowest BCUT2D eigenvalue weighted by Crippen LogP contribution is -2.54. The van der Waals surface area contributed by atoms with Crippen molar-refractivity contribution >= 4 is 0 Å². The molecule has 1 unspecified atom stereocenters. The predicted octanol–water partition coefficient (Wildman–Crippen LogP) is 2.79. The van der Waals surface area contributed by atoms with Gasteiger partial charge in [0.2, 0.25) is 0 Å². The maximum absolute atomic E-state index is 4.21. The Balaban J connectivity index is 2.14. The van der Waals surface area contributed by atoms with Gasteiger partial charge >= 0.3 is 0 Å². The third kappa shape index (κ3) is 2.43. The van der Waals surface area contributed by atoms with Crippen LogP contribution in [0, 0.1) is 5.92 Å². The number of hydrogen-bond acceptors (Lipinski definition) is 2. The molecule has 0 radical (unpaired) electrons. The van der Waals surface area contributed by atoms with Crippen molar-refractivity contribution in [2.24, 2.45) is 5.92 Å². The van der Waals surface area contributed by atoms with Gasteiger partial charge in [-0.2, -0.15) is 0 Å². The van der Waals surface area contributed by atoms with Crippen LogP contribution in [0.5, 0.6) is 0 Å². The van der Waals surface area contributed by atoms with Gasteiger partial charge in [-0.3, -0.25) is 4.98 Å². The van der Waals surface area contributed by atoms with Crippen molar-refractivity contribution < 1.29 is 0 Å². The minimum Gasteiger partial charge on any atom is -0.311 e. The summed E-state index contributed by atoms with van der Waals surface area (Å²) in [5.41, 5.74) is 1.65. The molecule has 1 N–H and O–H groups in total. The maximum atomic E-state index is 4.21. The Morgan fingerprint density at radius 2 is 2.31 bits per heavy atom. The molecule has 0 spiro atoms. The normalized spacial score (nSPS) is 25.9. The van der Waals surface area contributed by atoms with Gasteiger partial charge in [0.15, 0.2) is 0 Å². The minimum absolute atomic E-state index is 0.293. The molecule has 0 amide bonds. The molecule has 1 aromatic rings. The average Bonchev–Trinajstić information content (AvgIpc) is 2.31. The van der Waals surface area contributed by atoms with E-state index >= 15 is 0 Å². The summed E-state index contributed by atoms with van der Waals surface area (Å²) < 4.78 is 0. The zero-order chi connectivity index (χ0) is 11.4. The third-order valence-electron chi connectivity index (χ3n) is 3.87. The molecule has 0 saturated carbocycles. The van der Waals surface area contributed by atoms with Gasteiger partial charge in [0.05, 0.1) is 0 Å². The Kier molecular flexibility index (Phi) is 3.59. The molecule has 1 aromatic heterocycles. The van der Waals surface area contributed by atoms with Crippen molar-refractivity contribution in [2.45, 2.75) is 45.1 Å². The fraction of sp³-hybridized carbons (Fsp3) is 0.643. The van der Waals surface area contributed by atoms with E-state index in [1.807, 2.05) is 18.5 Å². The number of nitrogens with one attached hydrogen (secondary N) is 1. The molecule has 1 aliphatic heterocycles. The van der Waals surface area contributed by atoms with Crippen molar-refractivity contribution in [3.8, 4) is 0 Å². The summed E-state index contributed by atoms with van der Waals surface area (Å²) in [6, 6.07) is 4.22. The fourth-order valence-corrected chi connectivity index (χ4v) is 2.71. The standard InChI is InChI=1S/C14H22N2/c1-12(2)14(7-3-4-9-16-14)10-13-6-5-8-15-11-13/h5-6,8,11-12,16H,3-4,7,9-10H2,1-2H3. The second-order valence-corrected chi connectivity index (χ2v) is 5.23. The number of piperidine rings is 1. The molecule has 1 saturated heterocycles. The molecule has 1 aliphatic rings. The average molecular weight is 218 g/mol. The summed E-state index contributed by atoms with van der Waals surface area (Å²) in [5.74, 6) is 0.674. The number of nitrogens with zero attached hydrogens (tertiary/aromatic N) is 1. The summed E-state index contributed by atoms with van der Waals surface area (Å²) in [5, 5.41) is 3.75. The van der Waals surface area contributed by atoms with Crippen LogP contribution in [-0.2, 0) is 6.42 Å². The second kappa shape index (κ2) is 4.96. The van der Waals surface area contributed by atoms with Crippen molar-refractivity contribution in [1.29, 1.82) is 0 Å². The van der Waals surface area contributed by atoms with Gasteiger partial charge in [-0.25, -0.2) is 0 Å². The van der Waals surface area contributed by atoms with Crippen LogP contribution in [0.25, 0.3) is 0 Å². The van der Waals surface area contributed by atoms with E-state index in [2.05, 4.69) is 30.2 Å². The predicted molar refractivity (Wildman–Crippen MR) is 67.4 cm³/mol. The molecule has 1 fully saturated rings. The van der Waals surface area contributed by atoms with Crippen LogP contribution < -0.4 is 5.32 Å². The van der Waals surface area contributed by atoms with Gasteiger partial charge < -0.3 is 5.32 Å². The summed E-state index contributed by atoms with van der Waals surface area (Å²) in [6.07, 6.45) is 8.92. The van der Waals surface area contributed by atoms with Crippen LogP contribution in [0.15, 0.2) is 24.5 Å². The monoisotopic (exact) mass is 218 g/mol. The second-order valence-electron chi connectivity index (χ2n) is 5.23. The fourth-order valence-electron chi connectivity index (χ4n) is 2.71. The van der Waals surface area contributed by atoms with E-state index in [9.17, 15) is 0 Å². The van der Waals surface area contributed by atoms with Crippen LogP contribution in [-0.4, -0.2) is 17.1 Å². The van der Waals surface area contributed by atoms with Crippen LogP contribution in [0.3, 0.4) is 0 Å². The molecular formula is C14H22N2. The Hall–Kier alpha value is -0.890. The number of rotatable bonds is 3. The smallest absolute Gasteiger partial charge is 0.0300 e. The van der Waals surface area contributed by atoms with Crippen LogP contribution in [0.2, 0.25) is 0 Å². The lowest BCUT2D eigenvalue weighted by Gasteiger charge is -2.42. The molecular weight excluding hydrogens is 196 g/mol. The molecule has 0 aromatic carbocycles. The van der Waals surface area contributed by atoms with Gasteiger partial charge in [-0.15, -0.1) is 0 Å². The minimum atomic E-state index is 0.293. The molecule has 88 valence electrons. The zero-order valence-corrected chi connectivity index (χ0v) is 10.4. The van der Waals surface area contributed by atoms with Gasteiger partial charge in [-0.1, -0.05) is 26.3 Å². The highest BCUT2D eigenvalue weighted by atomic mass is 15.0. The van der Waals surface area contributed by atoms with Crippen molar-refractivity contribution in [3.05, 3.63) is 30.1 Å². The lowest BCUT2D eigenvalue weighted by atomic mass is 9.75. The van der Waals surface area contributed by atoms with Gasteiger partial charge in [0, 0.05) is 17.9 Å². The molecule has 16 heavy (non-hydrogen) atoms. The topological polar surface area (TPSA) is 24.9 Å². The van der Waals surface area contributed by atoms with E-state index in [4.69, 9.17) is 0 Å². The molecule has 2 heteroatoms.